The van der Waals surface area contributed by atoms with Crippen LogP contribution >= 0.6 is 11.6 Å². The summed E-state index contributed by atoms with van der Waals surface area (Å²) in [5.41, 5.74) is 0.800. The number of carbonyl (C=O) groups is 1. The zero-order valence-electron chi connectivity index (χ0n) is 12.2. The van der Waals surface area contributed by atoms with Crippen LogP contribution in [0.25, 0.3) is 5.69 Å². The maximum Gasteiger partial charge on any atom is 0.293 e. The molecule has 1 amide bonds. The lowest BCUT2D eigenvalue weighted by Gasteiger charge is -2.21. The molecule has 0 bridgehead atoms. The van der Waals surface area contributed by atoms with E-state index in [9.17, 15) is 9.90 Å². The van der Waals surface area contributed by atoms with E-state index in [2.05, 4.69) is 10.1 Å². The first kappa shape index (κ1) is 15.0. The van der Waals surface area contributed by atoms with Crippen LogP contribution in [0.5, 0.6) is 0 Å². The maximum atomic E-state index is 12.5. The monoisotopic (exact) mass is 320 g/mol. The Labute approximate surface area is 133 Å². The number of hydrogen-bond donors (Lipinski definition) is 1. The Morgan fingerprint density at radius 2 is 2.14 bits per heavy atom. The van der Waals surface area contributed by atoms with Crippen LogP contribution in [-0.4, -0.2) is 49.9 Å². The fourth-order valence-corrected chi connectivity index (χ4v) is 2.85. The van der Waals surface area contributed by atoms with Crippen LogP contribution < -0.4 is 0 Å². The van der Waals surface area contributed by atoms with Crippen LogP contribution in [0.3, 0.4) is 0 Å². The molecular weight excluding hydrogens is 304 g/mol. The molecule has 1 saturated heterocycles. The zero-order chi connectivity index (χ0) is 15.7. The first-order valence-electron chi connectivity index (χ1n) is 7.21. The van der Waals surface area contributed by atoms with Gasteiger partial charge in [-0.1, -0.05) is 11.6 Å². The fourth-order valence-electron chi connectivity index (χ4n) is 2.73. The van der Waals surface area contributed by atoms with Crippen molar-refractivity contribution < 1.29 is 9.90 Å². The number of carbonyl (C=O) groups excluding carboxylic acids is 1. The third-order valence-corrected chi connectivity index (χ3v) is 4.13. The Bertz CT molecular complexity index is 683. The molecule has 2 aromatic rings. The van der Waals surface area contributed by atoms with Crippen molar-refractivity contribution in [2.75, 3.05) is 13.2 Å². The molecule has 0 spiro atoms. The van der Waals surface area contributed by atoms with Crippen LogP contribution in [-0.2, 0) is 0 Å². The standard InChI is InChI=1S/C15H17ClN4O2/c1-10-17-14(15(22)19-8-2-3-13(19)9-21)18-20(10)12-6-4-11(16)5-7-12/h4-7,13,21H,2-3,8-9H2,1H3/t13-/m0/s1. The van der Waals surface area contributed by atoms with Crippen molar-refractivity contribution in [3.8, 4) is 5.69 Å². The molecule has 22 heavy (non-hydrogen) atoms. The average molecular weight is 321 g/mol. The number of nitrogens with zero attached hydrogens (tertiary/aromatic N) is 4. The molecular formula is C15H17ClN4O2. The minimum absolute atomic E-state index is 0.0252. The number of likely N-dealkylation sites (tertiary alicyclic amines) is 1. The van der Waals surface area contributed by atoms with Gasteiger partial charge in [-0.15, -0.1) is 5.10 Å². The Hall–Kier alpha value is -1.92. The van der Waals surface area contributed by atoms with Crippen LogP contribution in [0.15, 0.2) is 24.3 Å². The van der Waals surface area contributed by atoms with Crippen molar-refractivity contribution in [2.45, 2.75) is 25.8 Å². The molecule has 1 N–H and O–H groups in total. The van der Waals surface area contributed by atoms with Gasteiger partial charge >= 0.3 is 0 Å². The van der Waals surface area contributed by atoms with Gasteiger partial charge in [0, 0.05) is 11.6 Å². The number of halogens is 1. The molecule has 7 heteroatoms. The fraction of sp³-hybridized carbons (Fsp3) is 0.400. The highest BCUT2D eigenvalue weighted by atomic mass is 35.5. The summed E-state index contributed by atoms with van der Waals surface area (Å²) in [5.74, 6) is 0.561. The van der Waals surface area contributed by atoms with E-state index in [-0.39, 0.29) is 24.4 Å². The number of aryl methyl sites for hydroxylation is 1. The number of aliphatic hydroxyl groups is 1. The molecule has 3 rings (SSSR count). The molecule has 1 aliphatic heterocycles. The summed E-state index contributed by atoms with van der Waals surface area (Å²) in [7, 11) is 0. The molecule has 0 saturated carbocycles. The predicted molar refractivity (Wildman–Crippen MR) is 82.3 cm³/mol. The summed E-state index contributed by atoms with van der Waals surface area (Å²) in [6.07, 6.45) is 1.72. The van der Waals surface area contributed by atoms with E-state index in [0.29, 0.717) is 17.4 Å². The molecule has 1 aromatic heterocycles. The highest BCUT2D eigenvalue weighted by Crippen LogP contribution is 2.20. The van der Waals surface area contributed by atoms with Crippen LogP contribution in [0.1, 0.15) is 29.3 Å². The summed E-state index contributed by atoms with van der Waals surface area (Å²) in [4.78, 5) is 18.4. The minimum atomic E-state index is -0.229. The van der Waals surface area contributed by atoms with Gasteiger partial charge in [0.15, 0.2) is 0 Å². The van der Waals surface area contributed by atoms with Gasteiger partial charge in [-0.3, -0.25) is 4.79 Å². The van der Waals surface area contributed by atoms with Crippen molar-refractivity contribution in [1.82, 2.24) is 19.7 Å². The van der Waals surface area contributed by atoms with Crippen molar-refractivity contribution in [3.05, 3.63) is 40.9 Å². The first-order valence-corrected chi connectivity index (χ1v) is 7.59. The molecule has 0 unspecified atom stereocenters. The lowest BCUT2D eigenvalue weighted by molar-refractivity contribution is 0.0665. The summed E-state index contributed by atoms with van der Waals surface area (Å²) < 4.78 is 1.62. The van der Waals surface area contributed by atoms with E-state index in [4.69, 9.17) is 11.6 Å². The third kappa shape index (κ3) is 2.71. The van der Waals surface area contributed by atoms with Crippen molar-refractivity contribution in [3.63, 3.8) is 0 Å². The number of hydrogen-bond acceptors (Lipinski definition) is 4. The van der Waals surface area contributed by atoms with Gasteiger partial charge in [0.05, 0.1) is 18.3 Å². The summed E-state index contributed by atoms with van der Waals surface area (Å²) in [6, 6.07) is 7.05. The van der Waals surface area contributed by atoms with E-state index in [1.807, 2.05) is 12.1 Å². The van der Waals surface area contributed by atoms with Gasteiger partial charge in [-0.25, -0.2) is 9.67 Å². The quantitative estimate of drug-likeness (QED) is 0.936. The Kier molecular flexibility index (Phi) is 4.13. The van der Waals surface area contributed by atoms with E-state index >= 15 is 0 Å². The van der Waals surface area contributed by atoms with Crippen molar-refractivity contribution >= 4 is 17.5 Å². The second-order valence-corrected chi connectivity index (χ2v) is 5.78. The molecule has 116 valence electrons. The van der Waals surface area contributed by atoms with Crippen LogP contribution in [0, 0.1) is 6.92 Å². The lowest BCUT2D eigenvalue weighted by Crippen LogP contribution is -2.38. The molecule has 1 aromatic carbocycles. The lowest BCUT2D eigenvalue weighted by atomic mass is 10.2. The molecule has 1 aliphatic rings. The van der Waals surface area contributed by atoms with Crippen LogP contribution in [0.2, 0.25) is 5.02 Å². The highest BCUT2D eigenvalue weighted by molar-refractivity contribution is 6.30. The van der Waals surface area contributed by atoms with Gasteiger partial charge in [-0.05, 0) is 44.0 Å². The molecule has 2 heterocycles. The van der Waals surface area contributed by atoms with Crippen molar-refractivity contribution in [1.29, 1.82) is 0 Å². The Morgan fingerprint density at radius 3 is 2.82 bits per heavy atom. The largest absolute Gasteiger partial charge is 0.394 e. The minimum Gasteiger partial charge on any atom is -0.394 e. The third-order valence-electron chi connectivity index (χ3n) is 3.88. The number of benzene rings is 1. The SMILES string of the molecule is Cc1nc(C(=O)N2CCC[C@H]2CO)nn1-c1ccc(Cl)cc1. The van der Waals surface area contributed by atoms with Gasteiger partial charge in [-0.2, -0.15) is 0 Å². The van der Waals surface area contributed by atoms with E-state index in [1.54, 1.807) is 28.6 Å². The second-order valence-electron chi connectivity index (χ2n) is 5.35. The predicted octanol–water partition coefficient (Wildman–Crippen LogP) is 1.83. The van der Waals surface area contributed by atoms with E-state index in [1.165, 1.54) is 0 Å². The maximum absolute atomic E-state index is 12.5. The smallest absolute Gasteiger partial charge is 0.293 e. The van der Waals surface area contributed by atoms with Crippen molar-refractivity contribution in [2.24, 2.45) is 0 Å². The van der Waals surface area contributed by atoms with Gasteiger partial charge < -0.3 is 10.0 Å². The summed E-state index contributed by atoms with van der Waals surface area (Å²) >= 11 is 5.88. The van der Waals surface area contributed by atoms with Gasteiger partial charge in [0.1, 0.15) is 5.82 Å². The second kappa shape index (κ2) is 6.06. The molecule has 0 radical (unpaired) electrons. The molecule has 0 aliphatic carbocycles. The summed E-state index contributed by atoms with van der Waals surface area (Å²) in [6.45, 7) is 2.41. The molecule has 6 nitrogen and oxygen atoms in total. The Balaban J connectivity index is 1.88. The number of rotatable bonds is 3. The van der Waals surface area contributed by atoms with E-state index in [0.717, 1.165) is 18.5 Å². The van der Waals surface area contributed by atoms with Gasteiger partial charge in [0.2, 0.25) is 5.82 Å². The van der Waals surface area contributed by atoms with E-state index < -0.39 is 0 Å². The molecule has 1 fully saturated rings. The Morgan fingerprint density at radius 1 is 1.41 bits per heavy atom. The number of aliphatic hydroxyl groups excluding tert-OH is 1. The topological polar surface area (TPSA) is 71.2 Å². The average Bonchev–Trinajstić information content (AvgIpc) is 3.14. The first-order chi connectivity index (χ1) is 10.6. The number of amides is 1. The zero-order valence-corrected chi connectivity index (χ0v) is 13.0. The molecule has 1 atom stereocenters. The van der Waals surface area contributed by atoms with Crippen LogP contribution in [0.4, 0.5) is 0 Å². The van der Waals surface area contributed by atoms with Gasteiger partial charge in [0.25, 0.3) is 5.91 Å². The summed E-state index contributed by atoms with van der Waals surface area (Å²) in [5, 5.41) is 14.3. The highest BCUT2D eigenvalue weighted by Gasteiger charge is 2.31. The number of aromatic nitrogens is 3. The normalized spacial score (nSPS) is 18.0.